The standard InChI is InChI=1S/C21H20Cl2N2O4/c1-13(14-6-3-2-4-7-14)24-18(26)12-29-21(28)15-10-19(27)25(11-15)17-9-5-8-16(22)20(17)23/h2-9,13,15H,10-12H2,1H3,(H,24,26)/t13-,15+/m1/s1. The van der Waals surface area contributed by atoms with Crippen molar-refractivity contribution >= 4 is 46.7 Å². The van der Waals surface area contributed by atoms with Crippen LogP contribution in [0.5, 0.6) is 0 Å². The molecule has 8 heteroatoms. The Bertz CT molecular complexity index is 920. The van der Waals surface area contributed by atoms with Gasteiger partial charge in [-0.15, -0.1) is 0 Å². The van der Waals surface area contributed by atoms with Gasteiger partial charge in [-0.25, -0.2) is 0 Å². The zero-order valence-corrected chi connectivity index (χ0v) is 17.2. The molecule has 29 heavy (non-hydrogen) atoms. The van der Waals surface area contributed by atoms with Gasteiger partial charge in [-0.3, -0.25) is 14.4 Å². The Labute approximate surface area is 178 Å². The molecule has 1 aliphatic rings. The second-order valence-corrected chi connectivity index (χ2v) is 7.57. The zero-order chi connectivity index (χ0) is 21.0. The lowest BCUT2D eigenvalue weighted by atomic mass is 10.1. The van der Waals surface area contributed by atoms with Crippen molar-refractivity contribution in [2.75, 3.05) is 18.1 Å². The van der Waals surface area contributed by atoms with Crippen LogP contribution in [0.25, 0.3) is 0 Å². The van der Waals surface area contributed by atoms with Crippen LogP contribution in [0.1, 0.15) is 24.9 Å². The number of ether oxygens (including phenoxy) is 1. The van der Waals surface area contributed by atoms with Crippen molar-refractivity contribution in [3.63, 3.8) is 0 Å². The van der Waals surface area contributed by atoms with Crippen molar-refractivity contribution in [1.29, 1.82) is 0 Å². The van der Waals surface area contributed by atoms with E-state index >= 15 is 0 Å². The number of halogens is 2. The number of amides is 2. The summed E-state index contributed by atoms with van der Waals surface area (Å²) >= 11 is 12.2. The molecule has 0 radical (unpaired) electrons. The van der Waals surface area contributed by atoms with Crippen LogP contribution in [0.4, 0.5) is 5.69 Å². The molecule has 1 heterocycles. The molecule has 152 valence electrons. The highest BCUT2D eigenvalue weighted by atomic mass is 35.5. The van der Waals surface area contributed by atoms with E-state index in [-0.39, 0.29) is 29.9 Å². The van der Waals surface area contributed by atoms with Gasteiger partial charge in [0, 0.05) is 13.0 Å². The lowest BCUT2D eigenvalue weighted by molar-refractivity contribution is -0.152. The molecule has 1 fully saturated rings. The maximum atomic E-state index is 12.3. The second-order valence-electron chi connectivity index (χ2n) is 6.79. The number of rotatable bonds is 6. The van der Waals surface area contributed by atoms with Gasteiger partial charge in [0.05, 0.1) is 27.7 Å². The molecular formula is C21H20Cl2N2O4. The van der Waals surface area contributed by atoms with Crippen molar-refractivity contribution in [2.45, 2.75) is 19.4 Å². The van der Waals surface area contributed by atoms with E-state index in [4.69, 9.17) is 27.9 Å². The molecule has 0 aliphatic carbocycles. The highest BCUT2D eigenvalue weighted by Gasteiger charge is 2.37. The summed E-state index contributed by atoms with van der Waals surface area (Å²) in [6.07, 6.45) is -0.0102. The van der Waals surface area contributed by atoms with Gasteiger partial charge in [-0.05, 0) is 24.6 Å². The van der Waals surface area contributed by atoms with Crippen LogP contribution in [0, 0.1) is 5.92 Å². The first-order chi connectivity index (χ1) is 13.9. The third kappa shape index (κ3) is 5.08. The predicted molar refractivity (Wildman–Crippen MR) is 111 cm³/mol. The maximum Gasteiger partial charge on any atom is 0.311 e. The fourth-order valence-electron chi connectivity index (χ4n) is 3.16. The molecule has 0 unspecified atom stereocenters. The fourth-order valence-corrected chi connectivity index (χ4v) is 3.56. The number of nitrogens with zero attached hydrogens (tertiary/aromatic N) is 1. The van der Waals surface area contributed by atoms with Gasteiger partial charge in [0.1, 0.15) is 0 Å². The van der Waals surface area contributed by atoms with Crippen molar-refractivity contribution in [2.24, 2.45) is 5.92 Å². The molecule has 6 nitrogen and oxygen atoms in total. The Kier molecular flexibility index (Phi) is 6.77. The Hall–Kier alpha value is -2.57. The first kappa shape index (κ1) is 21.1. The third-order valence-corrected chi connectivity index (χ3v) is 5.51. The summed E-state index contributed by atoms with van der Waals surface area (Å²) < 4.78 is 5.12. The van der Waals surface area contributed by atoms with Gasteiger partial charge < -0.3 is 15.0 Å². The fraction of sp³-hybridized carbons (Fsp3) is 0.286. The number of esters is 1. The molecule has 0 aromatic heterocycles. The first-order valence-corrected chi connectivity index (χ1v) is 9.87. The van der Waals surface area contributed by atoms with E-state index in [1.807, 2.05) is 37.3 Å². The van der Waals surface area contributed by atoms with Gasteiger partial charge in [-0.1, -0.05) is 59.6 Å². The molecule has 2 amide bonds. The Balaban J connectivity index is 1.53. The van der Waals surface area contributed by atoms with Crippen molar-refractivity contribution in [1.82, 2.24) is 5.32 Å². The van der Waals surface area contributed by atoms with Gasteiger partial charge in [0.25, 0.3) is 5.91 Å². The molecule has 2 aromatic carbocycles. The van der Waals surface area contributed by atoms with Crippen molar-refractivity contribution < 1.29 is 19.1 Å². The molecule has 1 N–H and O–H groups in total. The maximum absolute atomic E-state index is 12.3. The van der Waals surface area contributed by atoms with E-state index in [0.29, 0.717) is 10.7 Å². The number of benzene rings is 2. The van der Waals surface area contributed by atoms with Crippen LogP contribution in [-0.4, -0.2) is 30.9 Å². The summed E-state index contributed by atoms with van der Waals surface area (Å²) in [5.41, 5.74) is 1.40. The highest BCUT2D eigenvalue weighted by molar-refractivity contribution is 6.44. The normalized spacial score (nSPS) is 17.1. The summed E-state index contributed by atoms with van der Waals surface area (Å²) in [5, 5.41) is 3.36. The van der Waals surface area contributed by atoms with Gasteiger partial charge >= 0.3 is 5.97 Å². The molecule has 2 atom stereocenters. The summed E-state index contributed by atoms with van der Waals surface area (Å²) in [4.78, 5) is 38.2. The average Bonchev–Trinajstić information content (AvgIpc) is 3.10. The van der Waals surface area contributed by atoms with Gasteiger partial charge in [-0.2, -0.15) is 0 Å². The van der Waals surface area contributed by atoms with Crippen molar-refractivity contribution in [3.05, 3.63) is 64.1 Å². The zero-order valence-electron chi connectivity index (χ0n) is 15.7. The number of carbonyl (C=O) groups is 3. The number of nitrogens with one attached hydrogen (secondary N) is 1. The van der Waals surface area contributed by atoms with Crippen LogP contribution < -0.4 is 10.2 Å². The van der Waals surface area contributed by atoms with E-state index in [9.17, 15) is 14.4 Å². The Morgan fingerprint density at radius 1 is 1.17 bits per heavy atom. The summed E-state index contributed by atoms with van der Waals surface area (Å²) in [6, 6.07) is 14.2. The minimum atomic E-state index is -0.670. The van der Waals surface area contributed by atoms with Crippen LogP contribution in [0.3, 0.4) is 0 Å². The molecule has 2 aromatic rings. The lowest BCUT2D eigenvalue weighted by Gasteiger charge is -2.18. The smallest absolute Gasteiger partial charge is 0.311 e. The number of carbonyl (C=O) groups excluding carboxylic acids is 3. The predicted octanol–water partition coefficient (Wildman–Crippen LogP) is 3.77. The van der Waals surface area contributed by atoms with Crippen LogP contribution in [0.15, 0.2) is 48.5 Å². The average molecular weight is 435 g/mol. The SMILES string of the molecule is C[C@@H](NC(=O)COC(=O)[C@H]1CC(=O)N(c2cccc(Cl)c2Cl)C1)c1ccccc1. The highest BCUT2D eigenvalue weighted by Crippen LogP contribution is 2.35. The monoisotopic (exact) mass is 434 g/mol. The van der Waals surface area contributed by atoms with Gasteiger partial charge in [0.2, 0.25) is 5.91 Å². The van der Waals surface area contributed by atoms with E-state index < -0.39 is 24.4 Å². The molecule has 3 rings (SSSR count). The number of hydrogen-bond acceptors (Lipinski definition) is 4. The minimum absolute atomic E-state index is 0.0102. The minimum Gasteiger partial charge on any atom is -0.455 e. The van der Waals surface area contributed by atoms with E-state index in [0.717, 1.165) is 5.56 Å². The van der Waals surface area contributed by atoms with Crippen LogP contribution in [-0.2, 0) is 19.1 Å². The number of hydrogen-bond donors (Lipinski definition) is 1. The molecule has 0 bridgehead atoms. The van der Waals surface area contributed by atoms with Gasteiger partial charge in [0.15, 0.2) is 6.61 Å². The van der Waals surface area contributed by atoms with Crippen molar-refractivity contribution in [3.8, 4) is 0 Å². The van der Waals surface area contributed by atoms with E-state index in [2.05, 4.69) is 5.32 Å². The molecule has 0 saturated carbocycles. The Morgan fingerprint density at radius 3 is 2.62 bits per heavy atom. The van der Waals surface area contributed by atoms with Crippen LogP contribution >= 0.6 is 23.2 Å². The van der Waals surface area contributed by atoms with Crippen LogP contribution in [0.2, 0.25) is 10.0 Å². The topological polar surface area (TPSA) is 75.7 Å². The second kappa shape index (κ2) is 9.29. The van der Waals surface area contributed by atoms with E-state index in [1.165, 1.54) is 4.90 Å². The summed E-state index contributed by atoms with van der Waals surface area (Å²) in [5.74, 6) is -1.93. The molecule has 1 aliphatic heterocycles. The lowest BCUT2D eigenvalue weighted by Crippen LogP contribution is -2.32. The van der Waals surface area contributed by atoms with E-state index in [1.54, 1.807) is 18.2 Å². The molecule has 0 spiro atoms. The molecule has 1 saturated heterocycles. The summed E-state index contributed by atoms with van der Waals surface area (Å²) in [7, 11) is 0. The number of anilines is 1. The largest absolute Gasteiger partial charge is 0.455 e. The first-order valence-electron chi connectivity index (χ1n) is 9.12. The summed E-state index contributed by atoms with van der Waals surface area (Å²) in [6.45, 7) is 1.57. The third-order valence-electron chi connectivity index (χ3n) is 4.70. The quantitative estimate of drug-likeness (QED) is 0.702. The molecular weight excluding hydrogens is 415 g/mol. The Morgan fingerprint density at radius 2 is 1.90 bits per heavy atom.